The summed E-state index contributed by atoms with van der Waals surface area (Å²) < 4.78 is 0. The van der Waals surface area contributed by atoms with Crippen LogP contribution in [0, 0.1) is 0 Å². The fourth-order valence-corrected chi connectivity index (χ4v) is 2.08. The van der Waals surface area contributed by atoms with Gasteiger partial charge in [0.1, 0.15) is 0 Å². The lowest BCUT2D eigenvalue weighted by Crippen LogP contribution is -1.90. The van der Waals surface area contributed by atoms with Crippen molar-refractivity contribution in [2.45, 2.75) is 53.4 Å². The van der Waals surface area contributed by atoms with E-state index in [1.807, 2.05) is 0 Å². The van der Waals surface area contributed by atoms with Crippen molar-refractivity contribution in [2.75, 3.05) is 0 Å². The molecule has 0 aliphatic heterocycles. The topological polar surface area (TPSA) is 0 Å². The molecule has 1 rings (SSSR count). The maximum atomic E-state index is 2.32. The fourth-order valence-electron chi connectivity index (χ4n) is 2.08. The van der Waals surface area contributed by atoms with Gasteiger partial charge in [-0.05, 0) is 43.4 Å². The second-order valence-corrected chi connectivity index (χ2v) is 4.25. The van der Waals surface area contributed by atoms with Gasteiger partial charge in [-0.3, -0.25) is 0 Å². The Labute approximate surface area is 88.4 Å². The first kappa shape index (κ1) is 11.3. The van der Waals surface area contributed by atoms with Crippen molar-refractivity contribution in [3.63, 3.8) is 0 Å². The molecule has 0 radical (unpaired) electrons. The van der Waals surface area contributed by atoms with Crippen LogP contribution in [0.1, 0.15) is 53.4 Å². The highest BCUT2D eigenvalue weighted by Gasteiger charge is 2.13. The lowest BCUT2D eigenvalue weighted by Gasteiger charge is -2.09. The van der Waals surface area contributed by atoms with Gasteiger partial charge in [-0.25, -0.2) is 0 Å². The van der Waals surface area contributed by atoms with E-state index in [4.69, 9.17) is 0 Å². The molecule has 0 fully saturated rings. The Bertz CT molecular complexity index is 283. The van der Waals surface area contributed by atoms with Crippen molar-refractivity contribution in [3.8, 4) is 0 Å². The molecule has 0 saturated carbocycles. The monoisotopic (exact) mass is 190 g/mol. The predicted molar refractivity (Wildman–Crippen MR) is 64.4 cm³/mol. The van der Waals surface area contributed by atoms with Gasteiger partial charge in [0.2, 0.25) is 0 Å². The summed E-state index contributed by atoms with van der Waals surface area (Å²) in [4.78, 5) is 0. The van der Waals surface area contributed by atoms with Crippen LogP contribution in [0.15, 0.2) is 34.4 Å². The fraction of sp³-hybridized carbons (Fsp3) is 0.571. The van der Waals surface area contributed by atoms with Crippen molar-refractivity contribution >= 4 is 0 Å². The zero-order valence-electron chi connectivity index (χ0n) is 9.98. The van der Waals surface area contributed by atoms with Crippen LogP contribution in [-0.2, 0) is 0 Å². The third kappa shape index (κ3) is 2.37. The quantitative estimate of drug-likeness (QED) is 0.598. The molecular weight excluding hydrogens is 168 g/mol. The SMILES string of the molecule is CCCC1=C(CCC)C(=C(C)C)C=C1. The highest BCUT2D eigenvalue weighted by atomic mass is 14.2. The molecule has 0 amide bonds. The molecule has 1 aliphatic rings. The number of rotatable bonds is 4. The minimum atomic E-state index is 1.24. The van der Waals surface area contributed by atoms with Crippen molar-refractivity contribution < 1.29 is 0 Å². The number of hydrogen-bond acceptors (Lipinski definition) is 0. The highest BCUT2D eigenvalue weighted by Crippen LogP contribution is 2.32. The second kappa shape index (κ2) is 5.19. The van der Waals surface area contributed by atoms with Crippen LogP contribution in [0.4, 0.5) is 0 Å². The van der Waals surface area contributed by atoms with Gasteiger partial charge in [-0.1, -0.05) is 44.4 Å². The van der Waals surface area contributed by atoms with Crippen LogP contribution >= 0.6 is 0 Å². The molecule has 0 unspecified atom stereocenters. The van der Waals surface area contributed by atoms with Crippen molar-refractivity contribution in [3.05, 3.63) is 34.4 Å². The Morgan fingerprint density at radius 1 is 1.00 bits per heavy atom. The molecule has 1 aliphatic carbocycles. The van der Waals surface area contributed by atoms with E-state index in [0.29, 0.717) is 0 Å². The van der Waals surface area contributed by atoms with Gasteiger partial charge in [-0.2, -0.15) is 0 Å². The molecule has 0 aromatic heterocycles. The molecule has 0 aromatic carbocycles. The first-order chi connectivity index (χ1) is 6.70. The zero-order valence-corrected chi connectivity index (χ0v) is 9.98. The summed E-state index contributed by atoms with van der Waals surface area (Å²) in [7, 11) is 0. The Kier molecular flexibility index (Phi) is 4.19. The van der Waals surface area contributed by atoms with E-state index in [-0.39, 0.29) is 0 Å². The number of hydrogen-bond donors (Lipinski definition) is 0. The maximum Gasteiger partial charge on any atom is -0.0235 e. The van der Waals surface area contributed by atoms with Crippen molar-refractivity contribution in [2.24, 2.45) is 0 Å². The summed E-state index contributed by atoms with van der Waals surface area (Å²) in [6.45, 7) is 8.94. The van der Waals surface area contributed by atoms with Crippen molar-refractivity contribution in [1.29, 1.82) is 0 Å². The van der Waals surface area contributed by atoms with Gasteiger partial charge in [0.25, 0.3) is 0 Å². The van der Waals surface area contributed by atoms with Gasteiger partial charge < -0.3 is 0 Å². The van der Waals surface area contributed by atoms with E-state index in [9.17, 15) is 0 Å². The average Bonchev–Trinajstić information content (AvgIpc) is 2.50. The summed E-state index contributed by atoms with van der Waals surface area (Å²) in [6, 6.07) is 0. The van der Waals surface area contributed by atoms with Gasteiger partial charge in [0.05, 0.1) is 0 Å². The molecule has 0 spiro atoms. The summed E-state index contributed by atoms with van der Waals surface area (Å²) in [6.07, 6.45) is 9.59. The third-order valence-electron chi connectivity index (χ3n) is 2.72. The second-order valence-electron chi connectivity index (χ2n) is 4.25. The van der Waals surface area contributed by atoms with Crippen LogP contribution in [0.5, 0.6) is 0 Å². The van der Waals surface area contributed by atoms with E-state index in [1.165, 1.54) is 36.8 Å². The van der Waals surface area contributed by atoms with Crippen LogP contribution in [0.3, 0.4) is 0 Å². The van der Waals surface area contributed by atoms with Crippen LogP contribution in [0.2, 0.25) is 0 Å². The first-order valence-corrected chi connectivity index (χ1v) is 5.78. The van der Waals surface area contributed by atoms with Crippen LogP contribution in [0.25, 0.3) is 0 Å². The number of allylic oxidation sites excluding steroid dienone is 6. The highest BCUT2D eigenvalue weighted by molar-refractivity contribution is 5.55. The van der Waals surface area contributed by atoms with Crippen LogP contribution < -0.4 is 0 Å². The predicted octanol–water partition coefficient (Wildman–Crippen LogP) is 4.79. The molecule has 0 atom stereocenters. The summed E-state index contributed by atoms with van der Waals surface area (Å²) in [5, 5.41) is 0. The summed E-state index contributed by atoms with van der Waals surface area (Å²) in [5.41, 5.74) is 6.13. The first-order valence-electron chi connectivity index (χ1n) is 5.78. The molecule has 0 bridgehead atoms. The van der Waals surface area contributed by atoms with Gasteiger partial charge in [0, 0.05) is 0 Å². The van der Waals surface area contributed by atoms with Gasteiger partial charge in [0.15, 0.2) is 0 Å². The average molecular weight is 190 g/mol. The minimum absolute atomic E-state index is 1.24. The lowest BCUT2D eigenvalue weighted by atomic mass is 9.96. The Morgan fingerprint density at radius 3 is 2.14 bits per heavy atom. The van der Waals surface area contributed by atoms with Crippen molar-refractivity contribution in [1.82, 2.24) is 0 Å². The molecule has 0 aromatic rings. The Balaban J connectivity index is 2.96. The molecule has 78 valence electrons. The minimum Gasteiger partial charge on any atom is -0.0689 e. The normalized spacial score (nSPS) is 15.6. The smallest absolute Gasteiger partial charge is 0.0235 e. The third-order valence-corrected chi connectivity index (χ3v) is 2.72. The Morgan fingerprint density at radius 2 is 1.64 bits per heavy atom. The standard InChI is InChI=1S/C14H22/c1-5-7-12-9-10-13(11(3)4)14(12)8-6-2/h9-10H,5-8H2,1-4H3. The molecule has 0 saturated heterocycles. The Hall–Kier alpha value is -0.780. The van der Waals surface area contributed by atoms with E-state index >= 15 is 0 Å². The lowest BCUT2D eigenvalue weighted by molar-refractivity contribution is 0.869. The molecule has 0 N–H and O–H groups in total. The largest absolute Gasteiger partial charge is 0.0689 e. The van der Waals surface area contributed by atoms with Crippen LogP contribution in [-0.4, -0.2) is 0 Å². The van der Waals surface area contributed by atoms with Gasteiger partial charge in [-0.15, -0.1) is 0 Å². The van der Waals surface area contributed by atoms with E-state index in [1.54, 1.807) is 11.1 Å². The van der Waals surface area contributed by atoms with E-state index in [2.05, 4.69) is 39.8 Å². The zero-order chi connectivity index (χ0) is 10.6. The molecule has 0 heterocycles. The summed E-state index contributed by atoms with van der Waals surface area (Å²) in [5.74, 6) is 0. The molecule has 0 heteroatoms. The molecule has 14 heavy (non-hydrogen) atoms. The van der Waals surface area contributed by atoms with E-state index in [0.717, 1.165) is 0 Å². The summed E-state index contributed by atoms with van der Waals surface area (Å²) >= 11 is 0. The molecular formula is C14H22. The van der Waals surface area contributed by atoms with E-state index < -0.39 is 0 Å². The van der Waals surface area contributed by atoms with Gasteiger partial charge >= 0.3 is 0 Å². The maximum absolute atomic E-state index is 2.32. The molecule has 0 nitrogen and oxygen atoms in total.